The topological polar surface area (TPSA) is 50.9 Å². The molecule has 3 nitrogen and oxygen atoms in total. The molecule has 82 valence electrons. The zero-order chi connectivity index (χ0) is 10.7. The molecule has 0 atom stereocenters. The van der Waals surface area contributed by atoms with Crippen LogP contribution in [0.2, 0.25) is 0 Å². The molecule has 1 aromatic rings. The predicted molar refractivity (Wildman–Crippen MR) is 63.9 cm³/mol. The molecule has 0 amide bonds. The summed E-state index contributed by atoms with van der Waals surface area (Å²) in [5.41, 5.74) is 7.71. The van der Waals surface area contributed by atoms with Gasteiger partial charge in [-0.25, -0.2) is 4.98 Å². The first-order valence-electron chi connectivity index (χ1n) is 5.74. The standard InChI is InChI=1S/C12H19N3/c1-9-8-14-12(7-11(9)13)15-10-5-3-2-4-6-10/h7-8,10H,2-6H2,1H3,(H3,13,14,15). The Bertz CT molecular complexity index is 330. The van der Waals surface area contributed by atoms with E-state index < -0.39 is 0 Å². The minimum atomic E-state index is 0.591. The summed E-state index contributed by atoms with van der Waals surface area (Å²) in [5.74, 6) is 0.921. The van der Waals surface area contributed by atoms with Crippen molar-refractivity contribution in [1.82, 2.24) is 4.98 Å². The molecule has 0 aliphatic heterocycles. The van der Waals surface area contributed by atoms with Crippen LogP contribution in [0.5, 0.6) is 0 Å². The van der Waals surface area contributed by atoms with Gasteiger partial charge >= 0.3 is 0 Å². The lowest BCUT2D eigenvalue weighted by Gasteiger charge is -2.23. The van der Waals surface area contributed by atoms with Crippen LogP contribution in [0.1, 0.15) is 37.7 Å². The highest BCUT2D eigenvalue weighted by Gasteiger charge is 2.13. The van der Waals surface area contributed by atoms with E-state index in [9.17, 15) is 0 Å². The average molecular weight is 205 g/mol. The fourth-order valence-electron chi connectivity index (χ4n) is 2.07. The minimum Gasteiger partial charge on any atom is -0.398 e. The van der Waals surface area contributed by atoms with Crippen LogP contribution < -0.4 is 11.1 Å². The Kier molecular flexibility index (Phi) is 3.09. The second-order valence-electron chi connectivity index (χ2n) is 4.41. The number of hydrogen-bond donors (Lipinski definition) is 2. The molecule has 1 heterocycles. The Labute approximate surface area is 91.1 Å². The van der Waals surface area contributed by atoms with Gasteiger partial charge in [0.15, 0.2) is 0 Å². The van der Waals surface area contributed by atoms with Crippen LogP contribution in [-0.2, 0) is 0 Å². The van der Waals surface area contributed by atoms with Crippen molar-refractivity contribution in [1.29, 1.82) is 0 Å². The Morgan fingerprint density at radius 2 is 2.07 bits per heavy atom. The van der Waals surface area contributed by atoms with Crippen molar-refractivity contribution in [3.8, 4) is 0 Å². The van der Waals surface area contributed by atoms with Crippen molar-refractivity contribution >= 4 is 11.5 Å². The molecule has 2 rings (SSSR count). The summed E-state index contributed by atoms with van der Waals surface area (Å²) < 4.78 is 0. The molecule has 0 bridgehead atoms. The Morgan fingerprint density at radius 1 is 1.33 bits per heavy atom. The summed E-state index contributed by atoms with van der Waals surface area (Å²) in [6, 6.07) is 2.53. The zero-order valence-electron chi connectivity index (χ0n) is 9.29. The van der Waals surface area contributed by atoms with Crippen LogP contribution in [0.15, 0.2) is 12.3 Å². The van der Waals surface area contributed by atoms with E-state index >= 15 is 0 Å². The second-order valence-corrected chi connectivity index (χ2v) is 4.41. The van der Waals surface area contributed by atoms with Crippen LogP contribution in [0.25, 0.3) is 0 Å². The monoisotopic (exact) mass is 205 g/mol. The summed E-state index contributed by atoms with van der Waals surface area (Å²) in [7, 11) is 0. The van der Waals surface area contributed by atoms with Crippen molar-refractivity contribution in [2.45, 2.75) is 45.1 Å². The van der Waals surface area contributed by atoms with Crippen LogP contribution in [0, 0.1) is 6.92 Å². The maximum absolute atomic E-state index is 5.85. The van der Waals surface area contributed by atoms with Crippen LogP contribution in [-0.4, -0.2) is 11.0 Å². The van der Waals surface area contributed by atoms with Crippen LogP contribution in [0.3, 0.4) is 0 Å². The molecule has 1 aromatic heterocycles. The maximum atomic E-state index is 5.85. The second kappa shape index (κ2) is 4.51. The lowest BCUT2D eigenvalue weighted by molar-refractivity contribution is 0.462. The number of nitrogen functional groups attached to an aromatic ring is 1. The molecule has 3 heteroatoms. The van der Waals surface area contributed by atoms with Crippen LogP contribution >= 0.6 is 0 Å². The molecule has 1 aliphatic carbocycles. The number of hydrogen-bond acceptors (Lipinski definition) is 3. The third-order valence-corrected chi connectivity index (χ3v) is 3.10. The Morgan fingerprint density at radius 3 is 2.73 bits per heavy atom. The zero-order valence-corrected chi connectivity index (χ0v) is 9.29. The molecule has 0 spiro atoms. The maximum Gasteiger partial charge on any atom is 0.128 e. The number of aryl methyl sites for hydroxylation is 1. The van der Waals surface area contributed by atoms with Gasteiger partial charge in [0.05, 0.1) is 0 Å². The Hall–Kier alpha value is -1.25. The first-order valence-corrected chi connectivity index (χ1v) is 5.74. The quantitative estimate of drug-likeness (QED) is 0.780. The van der Waals surface area contributed by atoms with E-state index in [0.717, 1.165) is 17.1 Å². The van der Waals surface area contributed by atoms with Gasteiger partial charge < -0.3 is 11.1 Å². The fourth-order valence-corrected chi connectivity index (χ4v) is 2.07. The third-order valence-electron chi connectivity index (χ3n) is 3.10. The molecule has 0 saturated heterocycles. The largest absolute Gasteiger partial charge is 0.398 e. The summed E-state index contributed by atoms with van der Waals surface area (Å²) in [6.07, 6.45) is 8.39. The highest BCUT2D eigenvalue weighted by molar-refractivity contribution is 5.53. The molecule has 1 fully saturated rings. The van der Waals surface area contributed by atoms with Gasteiger partial charge in [0, 0.05) is 24.0 Å². The molecule has 3 N–H and O–H groups in total. The molecular formula is C12H19N3. The first kappa shape index (κ1) is 10.3. The van der Waals surface area contributed by atoms with E-state index in [2.05, 4.69) is 10.3 Å². The van der Waals surface area contributed by atoms with E-state index in [1.165, 1.54) is 32.1 Å². The highest BCUT2D eigenvalue weighted by atomic mass is 15.0. The lowest BCUT2D eigenvalue weighted by atomic mass is 9.95. The van der Waals surface area contributed by atoms with Crippen molar-refractivity contribution in [3.05, 3.63) is 17.8 Å². The van der Waals surface area contributed by atoms with Gasteiger partial charge in [-0.15, -0.1) is 0 Å². The van der Waals surface area contributed by atoms with Gasteiger partial charge in [-0.1, -0.05) is 19.3 Å². The Balaban J connectivity index is 2.00. The van der Waals surface area contributed by atoms with Gasteiger partial charge in [-0.05, 0) is 25.3 Å². The number of nitrogens with one attached hydrogen (secondary N) is 1. The van der Waals surface area contributed by atoms with E-state index in [1.54, 1.807) is 0 Å². The van der Waals surface area contributed by atoms with Crippen molar-refractivity contribution in [2.24, 2.45) is 0 Å². The lowest BCUT2D eigenvalue weighted by Crippen LogP contribution is -2.22. The van der Waals surface area contributed by atoms with Gasteiger partial charge in [0.25, 0.3) is 0 Å². The number of nitrogens with two attached hydrogens (primary N) is 1. The van der Waals surface area contributed by atoms with E-state index in [0.29, 0.717) is 6.04 Å². The normalized spacial score (nSPS) is 17.7. The summed E-state index contributed by atoms with van der Waals surface area (Å²) >= 11 is 0. The van der Waals surface area contributed by atoms with E-state index in [1.807, 2.05) is 19.2 Å². The van der Waals surface area contributed by atoms with Crippen molar-refractivity contribution < 1.29 is 0 Å². The van der Waals surface area contributed by atoms with Crippen molar-refractivity contribution in [2.75, 3.05) is 11.1 Å². The smallest absolute Gasteiger partial charge is 0.128 e. The molecule has 15 heavy (non-hydrogen) atoms. The summed E-state index contributed by atoms with van der Waals surface area (Å²) in [5, 5.41) is 3.46. The minimum absolute atomic E-state index is 0.591. The molecule has 1 aliphatic rings. The van der Waals surface area contributed by atoms with E-state index in [4.69, 9.17) is 5.73 Å². The number of anilines is 2. The first-order chi connectivity index (χ1) is 7.25. The SMILES string of the molecule is Cc1cnc(NC2CCCCC2)cc1N. The van der Waals surface area contributed by atoms with Crippen molar-refractivity contribution in [3.63, 3.8) is 0 Å². The molecule has 0 aromatic carbocycles. The average Bonchev–Trinajstić information content (AvgIpc) is 2.25. The number of aromatic nitrogens is 1. The number of nitrogens with zero attached hydrogens (tertiary/aromatic N) is 1. The van der Waals surface area contributed by atoms with Crippen LogP contribution in [0.4, 0.5) is 11.5 Å². The fraction of sp³-hybridized carbons (Fsp3) is 0.583. The summed E-state index contributed by atoms with van der Waals surface area (Å²) in [4.78, 5) is 4.34. The predicted octanol–water partition coefficient (Wildman–Crippen LogP) is 2.72. The van der Waals surface area contributed by atoms with Gasteiger partial charge in [0.1, 0.15) is 5.82 Å². The van der Waals surface area contributed by atoms with Gasteiger partial charge in [0.2, 0.25) is 0 Å². The van der Waals surface area contributed by atoms with Gasteiger partial charge in [-0.3, -0.25) is 0 Å². The summed E-state index contributed by atoms with van der Waals surface area (Å²) in [6.45, 7) is 1.98. The molecule has 0 unspecified atom stereocenters. The third kappa shape index (κ3) is 2.61. The molecule has 1 saturated carbocycles. The number of rotatable bonds is 2. The van der Waals surface area contributed by atoms with E-state index in [-0.39, 0.29) is 0 Å². The highest BCUT2D eigenvalue weighted by Crippen LogP contribution is 2.22. The molecule has 0 radical (unpaired) electrons. The van der Waals surface area contributed by atoms with Gasteiger partial charge in [-0.2, -0.15) is 0 Å². The molecular weight excluding hydrogens is 186 g/mol. The number of pyridine rings is 1.